The van der Waals surface area contributed by atoms with Crippen molar-refractivity contribution < 1.29 is 18.0 Å². The summed E-state index contributed by atoms with van der Waals surface area (Å²) in [6, 6.07) is 3.66. The van der Waals surface area contributed by atoms with Crippen LogP contribution in [0.1, 0.15) is 19.4 Å². The third-order valence-corrected chi connectivity index (χ3v) is 2.78. The van der Waals surface area contributed by atoms with Gasteiger partial charge in [0, 0.05) is 11.7 Å². The minimum absolute atomic E-state index is 0.0534. The van der Waals surface area contributed by atoms with E-state index < -0.39 is 17.8 Å². The number of rotatable bonds is 4. The topological polar surface area (TPSA) is 58.4 Å². The summed E-state index contributed by atoms with van der Waals surface area (Å²) in [4.78, 5) is 13.5. The summed E-state index contributed by atoms with van der Waals surface area (Å²) >= 11 is 4.75. The van der Waals surface area contributed by atoms with Gasteiger partial charge >= 0.3 is 12.2 Å². The highest BCUT2D eigenvalue weighted by Crippen LogP contribution is 2.30. The monoisotopic (exact) mass is 319 g/mol. The minimum Gasteiger partial charge on any atom is -0.392 e. The molecule has 8 heteroatoms. The van der Waals surface area contributed by atoms with Crippen molar-refractivity contribution in [2.24, 2.45) is 5.73 Å². The number of carbonyl (C=O) groups is 1. The number of alkyl halides is 3. The number of halogens is 3. The Morgan fingerprint density at radius 3 is 2.52 bits per heavy atom. The van der Waals surface area contributed by atoms with Crippen LogP contribution in [0.2, 0.25) is 0 Å². The van der Waals surface area contributed by atoms with Crippen molar-refractivity contribution in [2.45, 2.75) is 26.1 Å². The molecule has 0 saturated heterocycles. The molecule has 0 atom stereocenters. The number of benzene rings is 1. The van der Waals surface area contributed by atoms with Crippen LogP contribution in [0, 0.1) is 0 Å². The Labute approximate surface area is 126 Å². The molecule has 4 nitrogen and oxygen atoms in total. The molecule has 0 radical (unpaired) electrons. The van der Waals surface area contributed by atoms with Crippen molar-refractivity contribution in [3.8, 4) is 0 Å². The molecule has 1 aromatic carbocycles. The lowest BCUT2D eigenvalue weighted by molar-refractivity contribution is -0.137. The van der Waals surface area contributed by atoms with Gasteiger partial charge in [-0.25, -0.2) is 4.79 Å². The lowest BCUT2D eigenvalue weighted by atomic mass is 10.2. The van der Waals surface area contributed by atoms with E-state index in [1.54, 1.807) is 13.8 Å². The molecule has 0 heterocycles. The third kappa shape index (κ3) is 5.22. The maximum absolute atomic E-state index is 12.6. The van der Waals surface area contributed by atoms with Crippen LogP contribution in [-0.2, 0) is 6.18 Å². The molecule has 0 saturated carbocycles. The summed E-state index contributed by atoms with van der Waals surface area (Å²) in [5.74, 6) is 0. The fourth-order valence-corrected chi connectivity index (χ4v) is 1.76. The molecular formula is C13H16F3N3OS. The van der Waals surface area contributed by atoms with E-state index in [1.165, 1.54) is 17.0 Å². The summed E-state index contributed by atoms with van der Waals surface area (Å²) in [7, 11) is 0. The number of amides is 2. The van der Waals surface area contributed by atoms with Crippen LogP contribution in [0.25, 0.3) is 0 Å². The molecule has 1 rings (SSSR count). The van der Waals surface area contributed by atoms with Gasteiger partial charge in [-0.1, -0.05) is 18.3 Å². The number of carbonyl (C=O) groups excluding carboxylic acids is 1. The molecule has 3 N–H and O–H groups in total. The molecule has 0 spiro atoms. The van der Waals surface area contributed by atoms with Crippen molar-refractivity contribution in [3.63, 3.8) is 0 Å². The number of hydrogen-bond donors (Lipinski definition) is 2. The van der Waals surface area contributed by atoms with E-state index in [9.17, 15) is 18.0 Å². The summed E-state index contributed by atoms with van der Waals surface area (Å²) in [6.07, 6.45) is -4.46. The Hall–Kier alpha value is -1.83. The summed E-state index contributed by atoms with van der Waals surface area (Å²) in [5, 5.41) is 2.41. The zero-order valence-electron chi connectivity index (χ0n) is 11.6. The Kier molecular flexibility index (Phi) is 5.54. The van der Waals surface area contributed by atoms with E-state index in [-0.39, 0.29) is 23.3 Å². The molecule has 1 aromatic rings. The van der Waals surface area contributed by atoms with Crippen molar-refractivity contribution in [2.75, 3.05) is 11.9 Å². The molecule has 0 bridgehead atoms. The molecule has 2 amide bonds. The normalized spacial score (nSPS) is 11.3. The first-order chi connectivity index (χ1) is 9.61. The zero-order chi connectivity index (χ0) is 16.2. The highest BCUT2D eigenvalue weighted by Gasteiger charge is 2.30. The molecule has 0 aromatic heterocycles. The number of anilines is 1. The largest absolute Gasteiger partial charge is 0.416 e. The summed E-state index contributed by atoms with van der Waals surface area (Å²) in [5.41, 5.74) is 4.64. The van der Waals surface area contributed by atoms with Gasteiger partial charge in [0.15, 0.2) is 0 Å². The highest BCUT2D eigenvalue weighted by molar-refractivity contribution is 7.80. The first kappa shape index (κ1) is 17.2. The van der Waals surface area contributed by atoms with Gasteiger partial charge in [0.25, 0.3) is 0 Å². The molecule has 21 heavy (non-hydrogen) atoms. The van der Waals surface area contributed by atoms with Crippen molar-refractivity contribution in [1.29, 1.82) is 0 Å². The Balaban J connectivity index is 2.89. The first-order valence-corrected chi connectivity index (χ1v) is 6.55. The van der Waals surface area contributed by atoms with Gasteiger partial charge < -0.3 is 16.0 Å². The average molecular weight is 319 g/mol. The number of nitrogens with two attached hydrogens (primary N) is 1. The predicted molar refractivity (Wildman–Crippen MR) is 79.1 cm³/mol. The number of urea groups is 1. The third-order valence-electron chi connectivity index (χ3n) is 2.65. The predicted octanol–water partition coefficient (Wildman–Crippen LogP) is 3.23. The second kappa shape index (κ2) is 6.75. The van der Waals surface area contributed by atoms with Crippen molar-refractivity contribution >= 4 is 28.9 Å². The second-order valence-electron chi connectivity index (χ2n) is 4.70. The van der Waals surface area contributed by atoms with Crippen LogP contribution in [0.4, 0.5) is 23.7 Å². The maximum atomic E-state index is 12.6. The minimum atomic E-state index is -4.46. The van der Waals surface area contributed by atoms with Crippen LogP contribution < -0.4 is 11.1 Å². The smallest absolute Gasteiger partial charge is 0.392 e. The quantitative estimate of drug-likeness (QED) is 0.838. The van der Waals surface area contributed by atoms with Gasteiger partial charge in [-0.05, 0) is 32.0 Å². The molecule has 0 aliphatic carbocycles. The molecule has 0 aliphatic rings. The maximum Gasteiger partial charge on any atom is 0.416 e. The Bertz CT molecular complexity index is 532. The van der Waals surface area contributed by atoms with Gasteiger partial charge in [0.05, 0.1) is 17.1 Å². The van der Waals surface area contributed by atoms with E-state index in [2.05, 4.69) is 5.32 Å². The van der Waals surface area contributed by atoms with Gasteiger partial charge in [-0.2, -0.15) is 13.2 Å². The van der Waals surface area contributed by atoms with Crippen LogP contribution in [0.5, 0.6) is 0 Å². The summed E-state index contributed by atoms with van der Waals surface area (Å²) in [6.45, 7) is 3.56. The van der Waals surface area contributed by atoms with E-state index in [0.29, 0.717) is 0 Å². The molecule has 0 unspecified atom stereocenters. The second-order valence-corrected chi connectivity index (χ2v) is 5.22. The van der Waals surface area contributed by atoms with Crippen LogP contribution in [0.15, 0.2) is 24.3 Å². The standard InChI is InChI=1S/C13H16F3N3OS/c1-8(2)19(7-11(17)21)12(20)18-10-5-3-4-9(6-10)13(14,15)16/h3-6,8H,7H2,1-2H3,(H2,17,21)(H,18,20). The van der Waals surface area contributed by atoms with Gasteiger partial charge in [0.1, 0.15) is 0 Å². The van der Waals surface area contributed by atoms with E-state index in [4.69, 9.17) is 18.0 Å². The van der Waals surface area contributed by atoms with Crippen molar-refractivity contribution in [1.82, 2.24) is 4.90 Å². The lowest BCUT2D eigenvalue weighted by Gasteiger charge is -2.26. The van der Waals surface area contributed by atoms with Crippen LogP contribution >= 0.6 is 12.2 Å². The number of nitrogens with zero attached hydrogens (tertiary/aromatic N) is 1. The zero-order valence-corrected chi connectivity index (χ0v) is 12.4. The molecule has 0 fully saturated rings. The Morgan fingerprint density at radius 1 is 1.43 bits per heavy atom. The molecule has 116 valence electrons. The fraction of sp³-hybridized carbons (Fsp3) is 0.385. The van der Waals surface area contributed by atoms with Crippen LogP contribution in [0.3, 0.4) is 0 Å². The van der Waals surface area contributed by atoms with Crippen LogP contribution in [-0.4, -0.2) is 28.5 Å². The first-order valence-electron chi connectivity index (χ1n) is 6.14. The highest BCUT2D eigenvalue weighted by atomic mass is 32.1. The number of nitrogens with one attached hydrogen (secondary N) is 1. The van der Waals surface area contributed by atoms with E-state index in [1.807, 2.05) is 0 Å². The lowest BCUT2D eigenvalue weighted by Crippen LogP contribution is -2.44. The van der Waals surface area contributed by atoms with Gasteiger partial charge in [-0.15, -0.1) is 0 Å². The molecule has 0 aliphatic heterocycles. The average Bonchev–Trinajstić information content (AvgIpc) is 2.34. The number of thiocarbonyl (C=S) groups is 1. The number of hydrogen-bond acceptors (Lipinski definition) is 2. The van der Waals surface area contributed by atoms with Gasteiger partial charge in [0.2, 0.25) is 0 Å². The fourth-order valence-electron chi connectivity index (χ4n) is 1.63. The van der Waals surface area contributed by atoms with Gasteiger partial charge in [-0.3, -0.25) is 0 Å². The van der Waals surface area contributed by atoms with E-state index in [0.717, 1.165) is 12.1 Å². The van der Waals surface area contributed by atoms with E-state index >= 15 is 0 Å². The summed E-state index contributed by atoms with van der Waals surface area (Å²) < 4.78 is 37.8. The SMILES string of the molecule is CC(C)N(CC(N)=S)C(=O)Nc1cccc(C(F)(F)F)c1. The van der Waals surface area contributed by atoms with Crippen molar-refractivity contribution in [3.05, 3.63) is 29.8 Å². The molecular weight excluding hydrogens is 303 g/mol. The Morgan fingerprint density at radius 2 is 2.05 bits per heavy atom.